The average Bonchev–Trinajstić information content (AvgIpc) is 2.35. The van der Waals surface area contributed by atoms with Crippen molar-refractivity contribution in [3.8, 4) is 11.5 Å². The minimum atomic E-state index is -4.96. The van der Waals surface area contributed by atoms with E-state index in [0.29, 0.717) is 6.07 Å². The molecular formula is C11H12F5NO3. The van der Waals surface area contributed by atoms with Gasteiger partial charge in [-0.1, -0.05) is 0 Å². The Morgan fingerprint density at radius 2 is 1.85 bits per heavy atom. The molecular weight excluding hydrogens is 289 g/mol. The number of hydrogen-bond acceptors (Lipinski definition) is 4. The van der Waals surface area contributed by atoms with Crippen molar-refractivity contribution in [3.63, 3.8) is 0 Å². The summed E-state index contributed by atoms with van der Waals surface area (Å²) in [5.74, 6) is -4.57. The van der Waals surface area contributed by atoms with Gasteiger partial charge in [-0.05, 0) is 18.2 Å². The SMILES string of the molecule is COc1ccc(OC(F)(F)F)cc1[C@@H](N)C(F)(F)CO. The second kappa shape index (κ2) is 5.80. The van der Waals surface area contributed by atoms with E-state index in [2.05, 4.69) is 4.74 Å². The highest BCUT2D eigenvalue weighted by Crippen LogP contribution is 2.37. The molecule has 3 N–H and O–H groups in total. The molecule has 0 fully saturated rings. The molecule has 4 nitrogen and oxygen atoms in total. The predicted molar refractivity (Wildman–Crippen MR) is 58.6 cm³/mol. The van der Waals surface area contributed by atoms with Gasteiger partial charge < -0.3 is 20.3 Å². The highest BCUT2D eigenvalue weighted by Gasteiger charge is 2.39. The van der Waals surface area contributed by atoms with E-state index in [9.17, 15) is 22.0 Å². The minimum Gasteiger partial charge on any atom is -0.496 e. The fraction of sp³-hybridized carbons (Fsp3) is 0.455. The van der Waals surface area contributed by atoms with E-state index in [1.807, 2.05) is 0 Å². The Morgan fingerprint density at radius 3 is 2.30 bits per heavy atom. The summed E-state index contributed by atoms with van der Waals surface area (Å²) in [5, 5.41) is 8.56. The van der Waals surface area contributed by atoms with Gasteiger partial charge in [-0.2, -0.15) is 0 Å². The van der Waals surface area contributed by atoms with Crippen LogP contribution in [0, 0.1) is 0 Å². The van der Waals surface area contributed by atoms with Crippen LogP contribution >= 0.6 is 0 Å². The maximum atomic E-state index is 13.3. The van der Waals surface area contributed by atoms with E-state index in [0.717, 1.165) is 19.2 Å². The molecule has 114 valence electrons. The van der Waals surface area contributed by atoms with Gasteiger partial charge in [0.25, 0.3) is 5.92 Å². The molecule has 20 heavy (non-hydrogen) atoms. The van der Waals surface area contributed by atoms with Crippen molar-refractivity contribution < 1.29 is 36.5 Å². The van der Waals surface area contributed by atoms with Crippen LogP contribution in [-0.2, 0) is 0 Å². The van der Waals surface area contributed by atoms with Crippen molar-refractivity contribution >= 4 is 0 Å². The summed E-state index contributed by atoms with van der Waals surface area (Å²) in [6.45, 7) is -1.55. The van der Waals surface area contributed by atoms with Crippen molar-refractivity contribution in [1.82, 2.24) is 0 Å². The maximum absolute atomic E-state index is 13.3. The third-order valence-corrected chi connectivity index (χ3v) is 2.44. The van der Waals surface area contributed by atoms with Crippen LogP contribution in [0.3, 0.4) is 0 Å². The van der Waals surface area contributed by atoms with Gasteiger partial charge in [-0.15, -0.1) is 13.2 Å². The molecule has 0 heterocycles. The van der Waals surface area contributed by atoms with Crippen LogP contribution in [-0.4, -0.2) is 31.1 Å². The van der Waals surface area contributed by atoms with Crippen molar-refractivity contribution in [2.45, 2.75) is 18.3 Å². The quantitative estimate of drug-likeness (QED) is 0.819. The Morgan fingerprint density at radius 1 is 1.25 bits per heavy atom. The molecule has 0 unspecified atom stereocenters. The van der Waals surface area contributed by atoms with Gasteiger partial charge in [0.15, 0.2) is 0 Å². The molecule has 0 saturated heterocycles. The molecule has 0 bridgehead atoms. The number of halogens is 5. The van der Waals surface area contributed by atoms with Gasteiger partial charge in [-0.3, -0.25) is 0 Å². The predicted octanol–water partition coefficient (Wildman–Crippen LogP) is 2.22. The molecule has 9 heteroatoms. The monoisotopic (exact) mass is 301 g/mol. The summed E-state index contributed by atoms with van der Waals surface area (Å²) >= 11 is 0. The zero-order chi connectivity index (χ0) is 15.6. The average molecular weight is 301 g/mol. The number of aliphatic hydroxyl groups is 1. The number of alkyl halides is 5. The van der Waals surface area contributed by atoms with Gasteiger partial charge >= 0.3 is 6.36 Å². The Labute approximate surface area is 110 Å². The van der Waals surface area contributed by atoms with Crippen LogP contribution in [0.25, 0.3) is 0 Å². The topological polar surface area (TPSA) is 64.7 Å². The fourth-order valence-electron chi connectivity index (χ4n) is 1.48. The number of nitrogens with two attached hydrogens (primary N) is 1. The minimum absolute atomic E-state index is 0.139. The van der Waals surface area contributed by atoms with Gasteiger partial charge in [0.05, 0.1) is 7.11 Å². The molecule has 0 aliphatic rings. The van der Waals surface area contributed by atoms with Crippen molar-refractivity contribution in [3.05, 3.63) is 23.8 Å². The number of hydrogen-bond donors (Lipinski definition) is 2. The van der Waals surface area contributed by atoms with Gasteiger partial charge in [0.1, 0.15) is 24.1 Å². The number of benzene rings is 1. The second-order valence-electron chi connectivity index (χ2n) is 3.85. The largest absolute Gasteiger partial charge is 0.573 e. The lowest BCUT2D eigenvalue weighted by atomic mass is 10.0. The Balaban J connectivity index is 3.19. The molecule has 0 radical (unpaired) electrons. The highest BCUT2D eigenvalue weighted by molar-refractivity contribution is 5.43. The summed E-state index contributed by atoms with van der Waals surface area (Å²) < 4.78 is 71.3. The lowest BCUT2D eigenvalue weighted by Crippen LogP contribution is -2.36. The van der Waals surface area contributed by atoms with E-state index in [4.69, 9.17) is 15.6 Å². The summed E-state index contributed by atoms with van der Waals surface area (Å²) in [6, 6.07) is 0.573. The molecule has 0 amide bonds. The van der Waals surface area contributed by atoms with E-state index in [-0.39, 0.29) is 5.75 Å². The number of methoxy groups -OCH3 is 1. The Kier molecular flexibility index (Phi) is 4.77. The molecule has 0 aliphatic heterocycles. The standard InChI is InChI=1S/C11H12F5NO3/c1-19-8-3-2-6(20-11(14,15)16)4-7(8)9(17)10(12,13)5-18/h2-4,9,18H,5,17H2,1H3/t9-/m1/s1. The molecule has 0 saturated carbocycles. The Hall–Kier alpha value is -1.61. The molecule has 0 spiro atoms. The normalized spacial score (nSPS) is 14.0. The first-order chi connectivity index (χ1) is 9.10. The molecule has 1 aromatic rings. The van der Waals surface area contributed by atoms with Crippen molar-refractivity contribution in [2.24, 2.45) is 5.73 Å². The van der Waals surface area contributed by atoms with Crippen molar-refractivity contribution in [2.75, 3.05) is 13.7 Å². The van der Waals surface area contributed by atoms with E-state index < -0.39 is 36.2 Å². The Bertz CT molecular complexity index is 464. The first-order valence-corrected chi connectivity index (χ1v) is 5.28. The number of aliphatic hydroxyl groups excluding tert-OH is 1. The fourth-order valence-corrected chi connectivity index (χ4v) is 1.48. The third-order valence-electron chi connectivity index (χ3n) is 2.44. The zero-order valence-corrected chi connectivity index (χ0v) is 10.2. The first-order valence-electron chi connectivity index (χ1n) is 5.28. The summed E-state index contributed by atoms with van der Waals surface area (Å²) in [4.78, 5) is 0. The van der Waals surface area contributed by atoms with Crippen molar-refractivity contribution in [1.29, 1.82) is 0 Å². The molecule has 1 atom stereocenters. The molecule has 0 aliphatic carbocycles. The zero-order valence-electron chi connectivity index (χ0n) is 10.2. The molecule has 0 aromatic heterocycles. The lowest BCUT2D eigenvalue weighted by Gasteiger charge is -2.24. The van der Waals surface area contributed by atoms with Crippen LogP contribution in [0.1, 0.15) is 11.6 Å². The van der Waals surface area contributed by atoms with Gasteiger partial charge in [0, 0.05) is 5.56 Å². The second-order valence-corrected chi connectivity index (χ2v) is 3.85. The van der Waals surface area contributed by atoms with Crippen LogP contribution in [0.15, 0.2) is 18.2 Å². The van der Waals surface area contributed by atoms with Crippen LogP contribution in [0.4, 0.5) is 22.0 Å². The third kappa shape index (κ3) is 3.94. The van der Waals surface area contributed by atoms with E-state index in [1.165, 1.54) is 0 Å². The van der Waals surface area contributed by atoms with Crippen LogP contribution < -0.4 is 15.2 Å². The summed E-state index contributed by atoms with van der Waals surface area (Å²) in [5.41, 5.74) is 4.86. The summed E-state index contributed by atoms with van der Waals surface area (Å²) in [6.07, 6.45) is -4.96. The number of rotatable bonds is 5. The lowest BCUT2D eigenvalue weighted by molar-refractivity contribution is -0.274. The van der Waals surface area contributed by atoms with Gasteiger partial charge in [-0.25, -0.2) is 8.78 Å². The molecule has 1 aromatic carbocycles. The smallest absolute Gasteiger partial charge is 0.496 e. The number of ether oxygens (including phenoxy) is 2. The van der Waals surface area contributed by atoms with Gasteiger partial charge in [0.2, 0.25) is 0 Å². The first kappa shape index (κ1) is 16.4. The summed E-state index contributed by atoms with van der Waals surface area (Å²) in [7, 11) is 1.15. The molecule has 1 rings (SSSR count). The highest BCUT2D eigenvalue weighted by atomic mass is 19.4. The maximum Gasteiger partial charge on any atom is 0.573 e. The van der Waals surface area contributed by atoms with E-state index in [1.54, 1.807) is 0 Å². The van der Waals surface area contributed by atoms with Crippen LogP contribution in [0.2, 0.25) is 0 Å². The van der Waals surface area contributed by atoms with E-state index >= 15 is 0 Å². The van der Waals surface area contributed by atoms with Crippen LogP contribution in [0.5, 0.6) is 11.5 Å².